The number of hydrogen-bond acceptors (Lipinski definition) is 8. The third-order valence-corrected chi connectivity index (χ3v) is 8.14. The van der Waals surface area contributed by atoms with Gasteiger partial charge in [0.15, 0.2) is 5.13 Å². The molecule has 44 heavy (non-hydrogen) atoms. The number of carbonyl (C=O) groups excluding carboxylic acids is 4. The molecule has 4 aromatic rings. The van der Waals surface area contributed by atoms with Crippen molar-refractivity contribution in [2.75, 3.05) is 17.2 Å². The number of aryl methyl sites for hydroxylation is 1. The standard InChI is InChI=1S/C33H32N4O5S2/c1-4-42-29(38)19-26-20-43-33(35-26)37-30(39)22(3)44-27-16-14-25(15-17-27)34-32(41)28(18-24-13-9-8-10-21(24)2)36-31(40)23-11-6-5-7-12-23/h5-18,20,22H,4,19H2,1-3H3,(H,34,41)(H,36,40)(H,35,37,39)/b28-18-. The maximum atomic E-state index is 13.3. The maximum Gasteiger partial charge on any atom is 0.311 e. The van der Waals surface area contributed by atoms with E-state index < -0.39 is 17.1 Å². The van der Waals surface area contributed by atoms with Crippen LogP contribution in [0.2, 0.25) is 0 Å². The van der Waals surface area contributed by atoms with Crippen LogP contribution in [0.5, 0.6) is 0 Å². The van der Waals surface area contributed by atoms with E-state index in [1.165, 1.54) is 23.1 Å². The highest BCUT2D eigenvalue weighted by Crippen LogP contribution is 2.26. The zero-order valence-corrected chi connectivity index (χ0v) is 26.1. The molecule has 0 aliphatic rings. The quantitative estimate of drug-likeness (QED) is 0.0985. The molecule has 3 amide bonds. The van der Waals surface area contributed by atoms with Crippen molar-refractivity contribution >= 4 is 63.7 Å². The number of nitrogens with one attached hydrogen (secondary N) is 3. The molecule has 4 rings (SSSR count). The summed E-state index contributed by atoms with van der Waals surface area (Å²) in [6, 6.07) is 23.3. The molecule has 226 valence electrons. The highest BCUT2D eigenvalue weighted by molar-refractivity contribution is 8.00. The van der Waals surface area contributed by atoms with Gasteiger partial charge in [0.25, 0.3) is 11.8 Å². The monoisotopic (exact) mass is 628 g/mol. The summed E-state index contributed by atoms with van der Waals surface area (Å²) < 4.78 is 4.93. The Labute approximate surface area is 264 Å². The Hall–Kier alpha value is -4.74. The second-order valence-electron chi connectivity index (χ2n) is 9.59. The molecule has 3 N–H and O–H groups in total. The lowest BCUT2D eigenvalue weighted by atomic mass is 10.1. The lowest BCUT2D eigenvalue weighted by Gasteiger charge is -2.13. The van der Waals surface area contributed by atoms with Crippen LogP contribution in [0.1, 0.15) is 41.0 Å². The molecule has 0 saturated heterocycles. The molecule has 0 radical (unpaired) electrons. The molecule has 1 aromatic heterocycles. The van der Waals surface area contributed by atoms with Gasteiger partial charge in [0.2, 0.25) is 5.91 Å². The zero-order valence-electron chi connectivity index (χ0n) is 24.5. The fraction of sp³-hybridized carbons (Fsp3) is 0.182. The molecule has 0 bridgehead atoms. The fourth-order valence-electron chi connectivity index (χ4n) is 3.93. The summed E-state index contributed by atoms with van der Waals surface area (Å²) in [7, 11) is 0. The minimum Gasteiger partial charge on any atom is -0.466 e. The average molecular weight is 629 g/mol. The van der Waals surface area contributed by atoms with Crippen LogP contribution in [0.4, 0.5) is 10.8 Å². The second-order valence-corrected chi connectivity index (χ2v) is 11.9. The van der Waals surface area contributed by atoms with Gasteiger partial charge in [0, 0.05) is 21.5 Å². The van der Waals surface area contributed by atoms with Crippen molar-refractivity contribution < 1.29 is 23.9 Å². The summed E-state index contributed by atoms with van der Waals surface area (Å²) in [5, 5.41) is 10.1. The van der Waals surface area contributed by atoms with Gasteiger partial charge < -0.3 is 20.7 Å². The van der Waals surface area contributed by atoms with Crippen molar-refractivity contribution in [1.82, 2.24) is 10.3 Å². The Kier molecular flexibility index (Phi) is 11.4. The summed E-state index contributed by atoms with van der Waals surface area (Å²) in [4.78, 5) is 55.7. The molecule has 3 aromatic carbocycles. The van der Waals surface area contributed by atoms with E-state index in [0.29, 0.717) is 28.7 Å². The largest absolute Gasteiger partial charge is 0.466 e. The summed E-state index contributed by atoms with van der Waals surface area (Å²) >= 11 is 2.59. The highest BCUT2D eigenvalue weighted by Gasteiger charge is 2.18. The van der Waals surface area contributed by atoms with Crippen molar-refractivity contribution in [3.63, 3.8) is 0 Å². The summed E-state index contributed by atoms with van der Waals surface area (Å²) in [6.45, 7) is 5.75. The van der Waals surface area contributed by atoms with E-state index in [1.54, 1.807) is 73.8 Å². The lowest BCUT2D eigenvalue weighted by Crippen LogP contribution is -2.30. The Morgan fingerprint density at radius 3 is 2.36 bits per heavy atom. The number of benzene rings is 3. The van der Waals surface area contributed by atoms with Crippen LogP contribution in [0.3, 0.4) is 0 Å². The van der Waals surface area contributed by atoms with Crippen LogP contribution in [0.25, 0.3) is 6.08 Å². The van der Waals surface area contributed by atoms with E-state index in [1.807, 2.05) is 37.3 Å². The van der Waals surface area contributed by atoms with E-state index >= 15 is 0 Å². The van der Waals surface area contributed by atoms with Crippen molar-refractivity contribution in [2.45, 2.75) is 37.3 Å². The van der Waals surface area contributed by atoms with Crippen LogP contribution >= 0.6 is 23.1 Å². The molecule has 9 nitrogen and oxygen atoms in total. The zero-order chi connectivity index (χ0) is 31.5. The van der Waals surface area contributed by atoms with Gasteiger partial charge in [-0.25, -0.2) is 4.98 Å². The molecule has 1 unspecified atom stereocenters. The van der Waals surface area contributed by atoms with Gasteiger partial charge >= 0.3 is 5.97 Å². The number of aromatic nitrogens is 1. The Morgan fingerprint density at radius 1 is 0.955 bits per heavy atom. The number of rotatable bonds is 12. The molecule has 11 heteroatoms. The number of thiazole rings is 1. The van der Waals surface area contributed by atoms with E-state index in [4.69, 9.17) is 4.74 Å². The molecule has 0 aliphatic carbocycles. The molecule has 1 atom stereocenters. The predicted octanol–water partition coefficient (Wildman–Crippen LogP) is 6.09. The maximum absolute atomic E-state index is 13.3. The van der Waals surface area contributed by atoms with E-state index in [-0.39, 0.29) is 24.0 Å². The Bertz CT molecular complexity index is 1650. The van der Waals surface area contributed by atoms with Gasteiger partial charge in [0.05, 0.1) is 24.0 Å². The van der Waals surface area contributed by atoms with Gasteiger partial charge in [-0.2, -0.15) is 0 Å². The van der Waals surface area contributed by atoms with Crippen LogP contribution < -0.4 is 16.0 Å². The van der Waals surface area contributed by atoms with Crippen LogP contribution in [-0.2, 0) is 25.5 Å². The third-order valence-electron chi connectivity index (χ3n) is 6.22. The number of carbonyl (C=O) groups is 4. The number of hydrogen-bond donors (Lipinski definition) is 3. The minimum atomic E-state index is -0.476. The first-order valence-corrected chi connectivity index (χ1v) is 15.6. The molecular weight excluding hydrogens is 597 g/mol. The Balaban J connectivity index is 1.38. The van der Waals surface area contributed by atoms with Crippen LogP contribution in [-0.4, -0.2) is 40.5 Å². The summed E-state index contributed by atoms with van der Waals surface area (Å²) in [5.74, 6) is -1.47. The van der Waals surface area contributed by atoms with Crippen molar-refractivity contribution in [3.05, 3.63) is 112 Å². The fourth-order valence-corrected chi connectivity index (χ4v) is 5.51. The van der Waals surface area contributed by atoms with Crippen molar-refractivity contribution in [3.8, 4) is 0 Å². The lowest BCUT2D eigenvalue weighted by molar-refractivity contribution is -0.142. The van der Waals surface area contributed by atoms with Crippen LogP contribution in [0, 0.1) is 6.92 Å². The number of amides is 3. The summed E-state index contributed by atoms with van der Waals surface area (Å²) in [5.41, 5.74) is 3.36. The third kappa shape index (κ3) is 9.38. The van der Waals surface area contributed by atoms with E-state index in [2.05, 4.69) is 20.9 Å². The number of anilines is 2. The predicted molar refractivity (Wildman–Crippen MR) is 175 cm³/mol. The molecule has 0 aliphatic heterocycles. The first-order chi connectivity index (χ1) is 21.2. The Morgan fingerprint density at radius 2 is 1.66 bits per heavy atom. The van der Waals surface area contributed by atoms with Gasteiger partial charge in [-0.1, -0.05) is 42.5 Å². The molecular formula is C33H32N4O5S2. The molecule has 0 spiro atoms. The molecule has 0 fully saturated rings. The normalized spacial score (nSPS) is 11.8. The van der Waals surface area contributed by atoms with E-state index in [9.17, 15) is 19.2 Å². The van der Waals surface area contributed by atoms with Gasteiger partial charge in [-0.05, 0) is 74.4 Å². The molecule has 0 saturated carbocycles. The average Bonchev–Trinajstić information content (AvgIpc) is 3.45. The number of ether oxygens (including phenoxy) is 1. The minimum absolute atomic E-state index is 0.0516. The highest BCUT2D eigenvalue weighted by atomic mass is 32.2. The topological polar surface area (TPSA) is 126 Å². The van der Waals surface area contributed by atoms with Crippen molar-refractivity contribution in [2.24, 2.45) is 0 Å². The van der Waals surface area contributed by atoms with Gasteiger partial charge in [-0.15, -0.1) is 23.1 Å². The second kappa shape index (κ2) is 15.6. The number of nitrogens with zero attached hydrogens (tertiary/aromatic N) is 1. The van der Waals surface area contributed by atoms with Crippen LogP contribution in [0.15, 0.2) is 94.8 Å². The smallest absolute Gasteiger partial charge is 0.311 e. The van der Waals surface area contributed by atoms with Crippen molar-refractivity contribution in [1.29, 1.82) is 0 Å². The first kappa shape index (κ1) is 32.2. The van der Waals surface area contributed by atoms with Gasteiger partial charge in [-0.3, -0.25) is 19.2 Å². The first-order valence-electron chi connectivity index (χ1n) is 13.8. The van der Waals surface area contributed by atoms with Gasteiger partial charge in [0.1, 0.15) is 5.70 Å². The van der Waals surface area contributed by atoms with E-state index in [0.717, 1.165) is 16.0 Å². The number of thioether (sulfide) groups is 1. The SMILES string of the molecule is CCOC(=O)Cc1csc(NC(=O)C(C)Sc2ccc(NC(=O)/C(=C/c3ccccc3C)NC(=O)c3ccccc3)cc2)n1. The number of esters is 1. The summed E-state index contributed by atoms with van der Waals surface area (Å²) in [6.07, 6.45) is 1.70. The molecule has 1 heterocycles.